The molecule has 0 radical (unpaired) electrons. The molecule has 2 fully saturated rings. The molecule has 2 aromatic heterocycles. The van der Waals surface area contributed by atoms with Gasteiger partial charge in [0.05, 0.1) is 9.88 Å². The molecule has 0 atom stereocenters. The molecule has 34 heavy (non-hydrogen) atoms. The summed E-state index contributed by atoms with van der Waals surface area (Å²) >= 11 is 1.62. The molecule has 1 amide bonds. The zero-order chi connectivity index (χ0) is 23.7. The number of alkyl halides is 3. The van der Waals surface area contributed by atoms with Crippen molar-refractivity contribution in [2.24, 2.45) is 5.92 Å². The zero-order valence-corrected chi connectivity index (χ0v) is 19.1. The number of nitrogens with one attached hydrogen (secondary N) is 2. The van der Waals surface area contributed by atoms with Crippen molar-refractivity contribution < 1.29 is 18.0 Å². The van der Waals surface area contributed by atoms with Crippen molar-refractivity contribution >= 4 is 28.9 Å². The van der Waals surface area contributed by atoms with E-state index in [4.69, 9.17) is 0 Å². The third-order valence-corrected chi connectivity index (χ3v) is 7.45. The van der Waals surface area contributed by atoms with Crippen molar-refractivity contribution in [1.29, 1.82) is 0 Å². The van der Waals surface area contributed by atoms with Crippen molar-refractivity contribution in [1.82, 2.24) is 20.3 Å². The molecular weight excluding hydrogens is 463 g/mol. The van der Waals surface area contributed by atoms with E-state index in [-0.39, 0.29) is 17.8 Å². The van der Waals surface area contributed by atoms with Crippen LogP contribution in [-0.2, 0) is 11.0 Å². The van der Waals surface area contributed by atoms with Gasteiger partial charge in [-0.3, -0.25) is 4.79 Å². The first-order valence-corrected chi connectivity index (χ1v) is 12.2. The zero-order valence-electron chi connectivity index (χ0n) is 18.3. The van der Waals surface area contributed by atoms with E-state index in [0.717, 1.165) is 66.2 Å². The smallest absolute Gasteiger partial charge is 0.353 e. The SMILES string of the molecule is O=C(NC1CC1)[C@H]1CC[C@H](c2ncc(-c3cccc(Nc4nccc(C(F)(F)F)n4)c3)s2)CC1. The Kier molecular flexibility index (Phi) is 6.24. The first-order chi connectivity index (χ1) is 16.3. The van der Waals surface area contributed by atoms with Gasteiger partial charge in [-0.25, -0.2) is 15.0 Å². The normalized spacial score (nSPS) is 20.7. The summed E-state index contributed by atoms with van der Waals surface area (Å²) in [4.78, 5) is 25.4. The number of hydrogen-bond acceptors (Lipinski definition) is 6. The molecule has 2 heterocycles. The number of anilines is 2. The Bertz CT molecular complexity index is 1170. The molecule has 0 spiro atoms. The van der Waals surface area contributed by atoms with Crippen LogP contribution in [0.5, 0.6) is 0 Å². The molecule has 2 aliphatic rings. The summed E-state index contributed by atoms with van der Waals surface area (Å²) in [5.74, 6) is 0.551. The Morgan fingerprint density at radius 1 is 1.03 bits per heavy atom. The maximum absolute atomic E-state index is 12.9. The van der Waals surface area contributed by atoms with E-state index in [1.807, 2.05) is 24.4 Å². The van der Waals surface area contributed by atoms with Crippen LogP contribution in [0, 0.1) is 5.92 Å². The van der Waals surface area contributed by atoms with Gasteiger partial charge in [0.2, 0.25) is 11.9 Å². The maximum Gasteiger partial charge on any atom is 0.433 e. The summed E-state index contributed by atoms with van der Waals surface area (Å²) in [6.07, 6.45) is 4.27. The van der Waals surface area contributed by atoms with Crippen LogP contribution in [-0.4, -0.2) is 26.9 Å². The van der Waals surface area contributed by atoms with Crippen LogP contribution in [0.1, 0.15) is 55.1 Å². The van der Waals surface area contributed by atoms with E-state index >= 15 is 0 Å². The van der Waals surface area contributed by atoms with Gasteiger partial charge in [0, 0.05) is 36.0 Å². The predicted molar refractivity (Wildman–Crippen MR) is 124 cm³/mol. The average Bonchev–Trinajstić information content (AvgIpc) is 3.50. The van der Waals surface area contributed by atoms with E-state index in [9.17, 15) is 18.0 Å². The number of nitrogens with zero attached hydrogens (tertiary/aromatic N) is 3. The molecule has 0 aliphatic heterocycles. The lowest BCUT2D eigenvalue weighted by Crippen LogP contribution is -2.34. The van der Waals surface area contributed by atoms with Gasteiger partial charge in [-0.2, -0.15) is 13.2 Å². The van der Waals surface area contributed by atoms with Crippen LogP contribution in [0.2, 0.25) is 0 Å². The first-order valence-electron chi connectivity index (χ1n) is 11.4. The number of carbonyl (C=O) groups is 1. The third-order valence-electron chi connectivity index (χ3n) is 6.24. The molecule has 0 saturated heterocycles. The van der Waals surface area contributed by atoms with E-state index in [1.165, 1.54) is 0 Å². The molecule has 3 aromatic rings. The molecule has 2 saturated carbocycles. The largest absolute Gasteiger partial charge is 0.433 e. The minimum absolute atomic E-state index is 0.108. The Labute approximate surface area is 199 Å². The third kappa shape index (κ3) is 5.38. The Morgan fingerprint density at radius 2 is 1.82 bits per heavy atom. The highest BCUT2D eigenvalue weighted by Crippen LogP contribution is 2.40. The molecule has 5 rings (SSSR count). The fourth-order valence-electron chi connectivity index (χ4n) is 4.22. The molecule has 178 valence electrons. The van der Waals surface area contributed by atoms with Crippen molar-refractivity contribution in [3.8, 4) is 10.4 Å². The van der Waals surface area contributed by atoms with Crippen LogP contribution in [0.4, 0.5) is 24.8 Å². The fraction of sp³-hybridized carbons (Fsp3) is 0.417. The minimum Gasteiger partial charge on any atom is -0.353 e. The predicted octanol–water partition coefficient (Wildman–Crippen LogP) is 5.91. The number of amides is 1. The summed E-state index contributed by atoms with van der Waals surface area (Å²) in [5.41, 5.74) is 0.514. The summed E-state index contributed by atoms with van der Waals surface area (Å²) in [6.45, 7) is 0. The molecule has 1 aromatic carbocycles. The molecule has 2 aliphatic carbocycles. The summed E-state index contributed by atoms with van der Waals surface area (Å²) in [7, 11) is 0. The molecule has 10 heteroatoms. The average molecular weight is 488 g/mol. The van der Waals surface area contributed by atoms with Crippen molar-refractivity contribution in [2.75, 3.05) is 5.32 Å². The number of halogens is 3. The minimum atomic E-state index is -4.53. The van der Waals surface area contributed by atoms with E-state index in [0.29, 0.717) is 17.6 Å². The molecule has 6 nitrogen and oxygen atoms in total. The lowest BCUT2D eigenvalue weighted by atomic mass is 9.82. The maximum atomic E-state index is 12.9. The molecule has 0 bridgehead atoms. The Balaban J connectivity index is 1.23. The molecule has 0 unspecified atom stereocenters. The highest BCUT2D eigenvalue weighted by atomic mass is 32.1. The van der Waals surface area contributed by atoms with Gasteiger partial charge >= 0.3 is 6.18 Å². The lowest BCUT2D eigenvalue weighted by molar-refractivity contribution is -0.141. The number of carbonyl (C=O) groups excluding carboxylic acids is 1. The summed E-state index contributed by atoms with van der Waals surface area (Å²) in [6, 6.07) is 8.61. The van der Waals surface area contributed by atoms with Crippen LogP contribution < -0.4 is 10.6 Å². The van der Waals surface area contributed by atoms with Gasteiger partial charge in [0.15, 0.2) is 0 Å². The van der Waals surface area contributed by atoms with Crippen LogP contribution >= 0.6 is 11.3 Å². The van der Waals surface area contributed by atoms with Crippen molar-refractivity contribution in [3.63, 3.8) is 0 Å². The van der Waals surface area contributed by atoms with Crippen LogP contribution in [0.15, 0.2) is 42.7 Å². The Hall–Kier alpha value is -3.01. The fourth-order valence-corrected chi connectivity index (χ4v) is 5.30. The van der Waals surface area contributed by atoms with E-state index in [1.54, 1.807) is 17.4 Å². The summed E-state index contributed by atoms with van der Waals surface area (Å²) in [5, 5.41) is 7.03. The Morgan fingerprint density at radius 3 is 2.56 bits per heavy atom. The monoisotopic (exact) mass is 487 g/mol. The number of aromatic nitrogens is 3. The van der Waals surface area contributed by atoms with Gasteiger partial charge < -0.3 is 10.6 Å². The second kappa shape index (κ2) is 9.32. The summed E-state index contributed by atoms with van der Waals surface area (Å²) < 4.78 is 38.8. The second-order valence-corrected chi connectivity index (χ2v) is 9.93. The highest BCUT2D eigenvalue weighted by Gasteiger charge is 2.33. The van der Waals surface area contributed by atoms with Gasteiger partial charge in [0.1, 0.15) is 5.69 Å². The number of thiazole rings is 1. The van der Waals surface area contributed by atoms with E-state index < -0.39 is 11.9 Å². The highest BCUT2D eigenvalue weighted by molar-refractivity contribution is 7.15. The van der Waals surface area contributed by atoms with Crippen molar-refractivity contribution in [2.45, 2.75) is 56.7 Å². The van der Waals surface area contributed by atoms with Gasteiger partial charge in [0.25, 0.3) is 0 Å². The second-order valence-electron chi connectivity index (χ2n) is 8.86. The van der Waals surface area contributed by atoms with Gasteiger partial charge in [-0.05, 0) is 62.3 Å². The topological polar surface area (TPSA) is 79.8 Å². The first kappa shape index (κ1) is 22.8. The quantitative estimate of drug-likeness (QED) is 0.452. The lowest BCUT2D eigenvalue weighted by Gasteiger charge is -2.26. The van der Waals surface area contributed by atoms with Crippen molar-refractivity contribution in [3.05, 3.63) is 53.4 Å². The van der Waals surface area contributed by atoms with E-state index in [2.05, 4.69) is 25.6 Å². The molecule has 2 N–H and O–H groups in total. The standard InChI is InChI=1S/C24H24F3N5OS/c25-24(26,27)20-10-11-28-23(32-20)31-18-3-1-2-16(12-18)19-13-29-22(34-19)15-6-4-14(5-7-15)21(33)30-17-8-9-17/h1-3,10-15,17H,4-9H2,(H,30,33)(H,28,31,32)/t14-,15-. The van der Waals surface area contributed by atoms with Crippen LogP contribution in [0.25, 0.3) is 10.4 Å². The van der Waals surface area contributed by atoms with Crippen LogP contribution in [0.3, 0.4) is 0 Å². The van der Waals surface area contributed by atoms with Gasteiger partial charge in [-0.15, -0.1) is 11.3 Å². The molecular formula is C24H24F3N5OS. The number of benzene rings is 1. The number of hydrogen-bond donors (Lipinski definition) is 2. The van der Waals surface area contributed by atoms with Gasteiger partial charge in [-0.1, -0.05) is 12.1 Å². The number of rotatable bonds is 6.